The van der Waals surface area contributed by atoms with E-state index in [0.717, 1.165) is 0 Å². The fraction of sp³-hybridized carbons (Fsp3) is 1.00. The van der Waals surface area contributed by atoms with Crippen LogP contribution in [0.15, 0.2) is 0 Å². The van der Waals surface area contributed by atoms with Crippen molar-refractivity contribution in [2.24, 2.45) is 0 Å². The molecule has 0 heterocycles. The van der Waals surface area contributed by atoms with Crippen LogP contribution in [-0.2, 0) is 4.74 Å². The maximum atomic E-state index is 4.74. The average molecular weight is 186 g/mol. The van der Waals surface area contributed by atoms with Gasteiger partial charge in [0.25, 0.3) is 0 Å². The van der Waals surface area contributed by atoms with Gasteiger partial charge in [0.05, 0.1) is 0 Å². The van der Waals surface area contributed by atoms with Gasteiger partial charge in [-0.05, 0) is 6.92 Å². The van der Waals surface area contributed by atoms with Crippen LogP contribution < -0.4 is 0 Å². The highest BCUT2D eigenvalue weighted by Crippen LogP contribution is 1.94. The van der Waals surface area contributed by atoms with Crippen molar-refractivity contribution >= 4 is 22.6 Å². The molecule has 0 radical (unpaired) electrons. The summed E-state index contributed by atoms with van der Waals surface area (Å²) in [5.74, 6) is 0. The van der Waals surface area contributed by atoms with Gasteiger partial charge in [0.1, 0.15) is 4.11 Å². The Morgan fingerprint density at radius 1 is 1.80 bits per heavy atom. The molecule has 0 aliphatic carbocycles. The zero-order valence-electron chi connectivity index (χ0n) is 3.36. The molecule has 0 rings (SSSR count). The molecule has 0 amide bonds. The number of rotatable bonds is 1. The molecule has 0 spiro atoms. The third kappa shape index (κ3) is 4.69. The number of ether oxygens (including phenoxy) is 1. The van der Waals surface area contributed by atoms with E-state index in [2.05, 4.69) is 22.6 Å². The Balaban J connectivity index is 2.54. The van der Waals surface area contributed by atoms with Crippen molar-refractivity contribution in [2.75, 3.05) is 7.11 Å². The van der Waals surface area contributed by atoms with Gasteiger partial charge in [-0.2, -0.15) is 0 Å². The number of halogens is 1. The summed E-state index contributed by atoms with van der Waals surface area (Å²) in [5.41, 5.74) is 0. The van der Waals surface area contributed by atoms with Crippen LogP contribution in [-0.4, -0.2) is 11.2 Å². The molecule has 0 N–H and O–H groups in total. The summed E-state index contributed by atoms with van der Waals surface area (Å²) < 4.78 is 5.09. The zero-order valence-corrected chi connectivity index (χ0v) is 5.52. The highest BCUT2D eigenvalue weighted by Gasteiger charge is 1.81. The summed E-state index contributed by atoms with van der Waals surface area (Å²) in [6.45, 7) is 1.99. The third-order valence-corrected chi connectivity index (χ3v) is 0.833. The zero-order chi connectivity index (χ0) is 4.28. The standard InChI is InChI=1S/C3H7IO/c1-3(4)5-2/h3H,1-2H3/t3-/m1/s1. The van der Waals surface area contributed by atoms with Crippen molar-refractivity contribution in [1.82, 2.24) is 0 Å². The average Bonchev–Trinajstić information content (AvgIpc) is 1.38. The highest BCUT2D eigenvalue weighted by molar-refractivity contribution is 14.1. The molecule has 2 heteroatoms. The molecule has 32 valence electrons. The van der Waals surface area contributed by atoms with E-state index in [1.54, 1.807) is 7.11 Å². The van der Waals surface area contributed by atoms with Crippen LogP contribution in [0.5, 0.6) is 0 Å². The molecular weight excluding hydrogens is 179 g/mol. The lowest BCUT2D eigenvalue weighted by Gasteiger charge is -1.92. The Hall–Kier alpha value is 0.690. The van der Waals surface area contributed by atoms with Gasteiger partial charge in [0.2, 0.25) is 0 Å². The van der Waals surface area contributed by atoms with Crippen molar-refractivity contribution in [3.63, 3.8) is 0 Å². The van der Waals surface area contributed by atoms with Crippen LogP contribution in [0.1, 0.15) is 6.92 Å². The van der Waals surface area contributed by atoms with Crippen LogP contribution in [0.25, 0.3) is 0 Å². The molecule has 5 heavy (non-hydrogen) atoms. The maximum absolute atomic E-state index is 4.74. The molecule has 0 aromatic rings. The Kier molecular flexibility index (Phi) is 3.30. The normalized spacial score (nSPS) is 15.0. The van der Waals surface area contributed by atoms with Crippen molar-refractivity contribution in [2.45, 2.75) is 11.0 Å². The largest absolute Gasteiger partial charge is 0.371 e. The van der Waals surface area contributed by atoms with Crippen LogP contribution in [0, 0.1) is 0 Å². The molecule has 0 saturated carbocycles. The summed E-state index contributed by atoms with van der Waals surface area (Å²) >= 11 is 2.18. The van der Waals surface area contributed by atoms with E-state index in [1.807, 2.05) is 6.92 Å². The van der Waals surface area contributed by atoms with E-state index >= 15 is 0 Å². The number of alkyl halides is 1. The molecule has 0 aliphatic rings. The van der Waals surface area contributed by atoms with E-state index < -0.39 is 0 Å². The van der Waals surface area contributed by atoms with Gasteiger partial charge < -0.3 is 4.74 Å². The smallest absolute Gasteiger partial charge is 0.105 e. The topological polar surface area (TPSA) is 9.23 Å². The van der Waals surface area contributed by atoms with E-state index in [4.69, 9.17) is 4.74 Å². The predicted molar refractivity (Wildman–Crippen MR) is 30.5 cm³/mol. The Bertz CT molecular complexity index is 20.9. The summed E-state index contributed by atoms with van der Waals surface area (Å²) in [6, 6.07) is 0. The lowest BCUT2D eigenvalue weighted by molar-refractivity contribution is 0.200. The molecule has 0 bridgehead atoms. The van der Waals surface area contributed by atoms with Crippen LogP contribution >= 0.6 is 22.6 Å². The second kappa shape index (κ2) is 2.90. The van der Waals surface area contributed by atoms with Gasteiger partial charge in [0.15, 0.2) is 0 Å². The van der Waals surface area contributed by atoms with Gasteiger partial charge in [-0.3, -0.25) is 0 Å². The van der Waals surface area contributed by atoms with Crippen molar-refractivity contribution in [3.05, 3.63) is 0 Å². The summed E-state index contributed by atoms with van der Waals surface area (Å²) in [5, 5.41) is 0. The van der Waals surface area contributed by atoms with Gasteiger partial charge in [-0.1, -0.05) is 22.6 Å². The van der Waals surface area contributed by atoms with Crippen LogP contribution in [0.2, 0.25) is 0 Å². The van der Waals surface area contributed by atoms with Crippen molar-refractivity contribution < 1.29 is 4.74 Å². The molecule has 0 fully saturated rings. The van der Waals surface area contributed by atoms with E-state index in [9.17, 15) is 0 Å². The first kappa shape index (κ1) is 5.69. The van der Waals surface area contributed by atoms with E-state index in [1.165, 1.54) is 0 Å². The molecule has 1 nitrogen and oxygen atoms in total. The minimum atomic E-state index is 0.354. The molecule has 0 unspecified atom stereocenters. The second-order valence-electron chi connectivity index (χ2n) is 0.779. The molecule has 1 atom stereocenters. The van der Waals surface area contributed by atoms with Gasteiger partial charge in [0, 0.05) is 7.11 Å². The molecule has 0 saturated heterocycles. The Morgan fingerprint density at radius 3 is 2.00 bits per heavy atom. The lowest BCUT2D eigenvalue weighted by Crippen LogP contribution is -1.88. The summed E-state index contributed by atoms with van der Waals surface area (Å²) in [7, 11) is 1.69. The maximum Gasteiger partial charge on any atom is 0.105 e. The highest BCUT2D eigenvalue weighted by atomic mass is 127. The first-order valence-corrected chi connectivity index (χ1v) is 2.69. The fourth-order valence-electron chi connectivity index (χ4n) is 0. The predicted octanol–water partition coefficient (Wildman–Crippen LogP) is 1.41. The lowest BCUT2D eigenvalue weighted by atomic mass is 10.9. The molecular formula is C3H7IO. The fourth-order valence-corrected chi connectivity index (χ4v) is 0. The number of methoxy groups -OCH3 is 1. The number of hydrogen-bond donors (Lipinski definition) is 0. The third-order valence-electron chi connectivity index (χ3n) is 0.325. The number of hydrogen-bond acceptors (Lipinski definition) is 1. The molecule has 0 aliphatic heterocycles. The van der Waals surface area contributed by atoms with Crippen LogP contribution in [0.3, 0.4) is 0 Å². The van der Waals surface area contributed by atoms with Crippen LogP contribution in [0.4, 0.5) is 0 Å². The minimum Gasteiger partial charge on any atom is -0.371 e. The van der Waals surface area contributed by atoms with Crippen molar-refractivity contribution in [1.29, 1.82) is 0 Å². The van der Waals surface area contributed by atoms with E-state index in [-0.39, 0.29) is 0 Å². The second-order valence-corrected chi connectivity index (χ2v) is 2.53. The van der Waals surface area contributed by atoms with Gasteiger partial charge >= 0.3 is 0 Å². The quantitative estimate of drug-likeness (QED) is 0.444. The molecule has 0 aromatic heterocycles. The van der Waals surface area contributed by atoms with E-state index in [0.29, 0.717) is 4.11 Å². The first-order valence-electron chi connectivity index (χ1n) is 1.44. The Labute approximate surface area is 45.8 Å². The minimum absolute atomic E-state index is 0.354. The summed E-state index contributed by atoms with van der Waals surface area (Å²) in [6.07, 6.45) is 0. The van der Waals surface area contributed by atoms with Gasteiger partial charge in [-0.15, -0.1) is 0 Å². The van der Waals surface area contributed by atoms with Gasteiger partial charge in [-0.25, -0.2) is 0 Å². The first-order chi connectivity index (χ1) is 2.27. The SMILES string of the molecule is CO[C@H](C)I. The molecule has 0 aromatic carbocycles. The summed E-state index contributed by atoms with van der Waals surface area (Å²) in [4.78, 5) is 0. The Morgan fingerprint density at radius 2 is 2.00 bits per heavy atom. The monoisotopic (exact) mass is 186 g/mol. The van der Waals surface area contributed by atoms with Crippen molar-refractivity contribution in [3.8, 4) is 0 Å².